The second-order valence-corrected chi connectivity index (χ2v) is 5.55. The van der Waals surface area contributed by atoms with E-state index in [4.69, 9.17) is 0 Å². The van der Waals surface area contributed by atoms with Crippen molar-refractivity contribution in [1.82, 2.24) is 14.8 Å². The quantitative estimate of drug-likeness (QED) is 0.860. The molecule has 0 saturated heterocycles. The molecule has 3 rings (SSSR count). The monoisotopic (exact) mass is 269 g/mol. The molecule has 2 atom stereocenters. The summed E-state index contributed by atoms with van der Waals surface area (Å²) >= 11 is 0. The zero-order valence-electron chi connectivity index (χ0n) is 11.7. The second kappa shape index (κ2) is 5.57. The fraction of sp³-hybridized carbons (Fsp3) is 0.438. The van der Waals surface area contributed by atoms with Crippen molar-refractivity contribution in [3.05, 3.63) is 48.0 Å². The Morgan fingerprint density at radius 2 is 2.10 bits per heavy atom. The van der Waals surface area contributed by atoms with Gasteiger partial charge in [-0.2, -0.15) is 5.10 Å². The highest BCUT2D eigenvalue weighted by Crippen LogP contribution is 2.35. The molecule has 20 heavy (non-hydrogen) atoms. The van der Waals surface area contributed by atoms with E-state index in [1.54, 1.807) is 11.0 Å². The summed E-state index contributed by atoms with van der Waals surface area (Å²) in [5, 5.41) is 4.08. The van der Waals surface area contributed by atoms with Gasteiger partial charge in [-0.3, -0.25) is 9.48 Å². The Morgan fingerprint density at radius 1 is 1.30 bits per heavy atom. The highest BCUT2D eigenvalue weighted by atomic mass is 16.1. The molecule has 0 radical (unpaired) electrons. The molecule has 1 fully saturated rings. The van der Waals surface area contributed by atoms with Gasteiger partial charge in [0.2, 0.25) is 0 Å². The molecule has 2 aromatic rings. The van der Waals surface area contributed by atoms with Crippen LogP contribution in [0, 0.1) is 5.92 Å². The number of carbonyl (C=O) groups is 1. The van der Waals surface area contributed by atoms with E-state index in [2.05, 4.69) is 34.3 Å². The van der Waals surface area contributed by atoms with Gasteiger partial charge in [0.25, 0.3) is 0 Å². The van der Waals surface area contributed by atoms with E-state index in [-0.39, 0.29) is 5.92 Å². The maximum absolute atomic E-state index is 12.2. The fourth-order valence-electron chi connectivity index (χ4n) is 3.06. The molecule has 0 aliphatic heterocycles. The number of aryl methyl sites for hydroxylation is 1. The lowest BCUT2D eigenvalue weighted by molar-refractivity contribution is -0.124. The summed E-state index contributed by atoms with van der Waals surface area (Å²) in [6.45, 7) is 0. The van der Waals surface area contributed by atoms with Crippen LogP contribution in [-0.4, -0.2) is 20.5 Å². The standard InChI is InChI=1S/C16H19N3O/c1-19-16(17-11-18-19)10-14-9-13(7-8-15(14)20)12-5-3-2-4-6-12/h2-6,11,13-14H,7-10H2,1H3. The van der Waals surface area contributed by atoms with Gasteiger partial charge in [-0.05, 0) is 24.3 Å². The predicted octanol–water partition coefficient (Wildman–Crippen LogP) is 2.51. The summed E-state index contributed by atoms with van der Waals surface area (Å²) in [7, 11) is 1.88. The molecule has 1 aromatic carbocycles. The molecule has 1 saturated carbocycles. The topological polar surface area (TPSA) is 47.8 Å². The lowest BCUT2D eigenvalue weighted by atomic mass is 9.76. The van der Waals surface area contributed by atoms with Crippen molar-refractivity contribution < 1.29 is 4.79 Å². The van der Waals surface area contributed by atoms with Gasteiger partial charge in [0.15, 0.2) is 0 Å². The number of rotatable bonds is 3. The lowest BCUT2D eigenvalue weighted by Gasteiger charge is -2.28. The minimum absolute atomic E-state index is 0.0804. The second-order valence-electron chi connectivity index (χ2n) is 5.55. The Labute approximate surface area is 118 Å². The Balaban J connectivity index is 1.74. The average Bonchev–Trinajstić information content (AvgIpc) is 2.88. The van der Waals surface area contributed by atoms with Gasteiger partial charge in [0, 0.05) is 25.8 Å². The van der Waals surface area contributed by atoms with E-state index in [0.717, 1.165) is 18.7 Å². The van der Waals surface area contributed by atoms with Gasteiger partial charge in [0.1, 0.15) is 17.9 Å². The summed E-state index contributed by atoms with van der Waals surface area (Å²) in [6, 6.07) is 10.5. The summed E-state index contributed by atoms with van der Waals surface area (Å²) in [4.78, 5) is 16.4. The smallest absolute Gasteiger partial charge is 0.138 e. The third kappa shape index (κ3) is 2.64. The SMILES string of the molecule is Cn1ncnc1CC1CC(c2ccccc2)CCC1=O. The first-order valence-electron chi connectivity index (χ1n) is 7.14. The minimum atomic E-state index is 0.0804. The van der Waals surface area contributed by atoms with Crippen LogP contribution in [0.4, 0.5) is 0 Å². The number of hydrogen-bond acceptors (Lipinski definition) is 3. The number of nitrogens with zero attached hydrogens (tertiary/aromatic N) is 3. The van der Waals surface area contributed by atoms with Crippen LogP contribution in [0.3, 0.4) is 0 Å². The van der Waals surface area contributed by atoms with Crippen LogP contribution >= 0.6 is 0 Å². The van der Waals surface area contributed by atoms with Crippen molar-refractivity contribution in [2.24, 2.45) is 13.0 Å². The third-order valence-corrected chi connectivity index (χ3v) is 4.27. The van der Waals surface area contributed by atoms with Crippen LogP contribution in [0.2, 0.25) is 0 Å². The van der Waals surface area contributed by atoms with Gasteiger partial charge >= 0.3 is 0 Å². The van der Waals surface area contributed by atoms with Crippen LogP contribution in [0.15, 0.2) is 36.7 Å². The fourth-order valence-corrected chi connectivity index (χ4v) is 3.06. The first-order valence-corrected chi connectivity index (χ1v) is 7.14. The largest absolute Gasteiger partial charge is 0.299 e. The Bertz CT molecular complexity index is 591. The average molecular weight is 269 g/mol. The Morgan fingerprint density at radius 3 is 2.80 bits per heavy atom. The maximum Gasteiger partial charge on any atom is 0.138 e. The predicted molar refractivity (Wildman–Crippen MR) is 76.2 cm³/mol. The lowest BCUT2D eigenvalue weighted by Crippen LogP contribution is -2.26. The van der Waals surface area contributed by atoms with Gasteiger partial charge in [0.05, 0.1) is 0 Å². The van der Waals surface area contributed by atoms with Crippen LogP contribution in [0.1, 0.15) is 36.6 Å². The van der Waals surface area contributed by atoms with Crippen molar-refractivity contribution in [2.75, 3.05) is 0 Å². The van der Waals surface area contributed by atoms with Gasteiger partial charge in [-0.25, -0.2) is 4.98 Å². The zero-order chi connectivity index (χ0) is 13.9. The number of hydrogen-bond donors (Lipinski definition) is 0. The van der Waals surface area contributed by atoms with Gasteiger partial charge < -0.3 is 0 Å². The summed E-state index contributed by atoms with van der Waals surface area (Å²) < 4.78 is 1.76. The molecule has 4 nitrogen and oxygen atoms in total. The number of ketones is 1. The molecular weight excluding hydrogens is 250 g/mol. The number of benzene rings is 1. The van der Waals surface area contributed by atoms with Crippen LogP contribution in [0.25, 0.3) is 0 Å². The van der Waals surface area contributed by atoms with E-state index < -0.39 is 0 Å². The first kappa shape index (κ1) is 13.0. The highest BCUT2D eigenvalue weighted by Gasteiger charge is 2.30. The van der Waals surface area contributed by atoms with Crippen molar-refractivity contribution >= 4 is 5.78 Å². The van der Waals surface area contributed by atoms with Gasteiger partial charge in [-0.1, -0.05) is 30.3 Å². The molecular formula is C16H19N3O. The summed E-state index contributed by atoms with van der Waals surface area (Å²) in [5.74, 6) is 1.85. The van der Waals surface area contributed by atoms with Crippen molar-refractivity contribution in [2.45, 2.75) is 31.6 Å². The number of aromatic nitrogens is 3. The Kier molecular flexibility index (Phi) is 3.63. The number of carbonyl (C=O) groups excluding carboxylic acids is 1. The van der Waals surface area contributed by atoms with Crippen LogP contribution in [-0.2, 0) is 18.3 Å². The van der Waals surface area contributed by atoms with Crippen LogP contribution in [0.5, 0.6) is 0 Å². The van der Waals surface area contributed by atoms with Crippen LogP contribution < -0.4 is 0 Å². The normalized spacial score (nSPS) is 22.9. The molecule has 0 spiro atoms. The molecule has 1 aromatic heterocycles. The Hall–Kier alpha value is -1.97. The molecule has 1 aliphatic rings. The highest BCUT2D eigenvalue weighted by molar-refractivity contribution is 5.82. The maximum atomic E-state index is 12.2. The van der Waals surface area contributed by atoms with E-state index >= 15 is 0 Å². The molecule has 4 heteroatoms. The molecule has 0 amide bonds. The number of Topliss-reactive ketones (excluding diaryl/α,β-unsaturated/α-hetero) is 1. The van der Waals surface area contributed by atoms with Crippen molar-refractivity contribution in [1.29, 1.82) is 0 Å². The molecule has 104 valence electrons. The molecule has 0 bridgehead atoms. The van der Waals surface area contributed by atoms with E-state index in [9.17, 15) is 4.79 Å². The first-order chi connectivity index (χ1) is 9.74. The van der Waals surface area contributed by atoms with Gasteiger partial charge in [-0.15, -0.1) is 0 Å². The minimum Gasteiger partial charge on any atom is -0.299 e. The summed E-state index contributed by atoms with van der Waals surface area (Å²) in [6.07, 6.45) is 4.84. The van der Waals surface area contributed by atoms with Crippen molar-refractivity contribution in [3.63, 3.8) is 0 Å². The van der Waals surface area contributed by atoms with E-state index in [1.807, 2.05) is 13.1 Å². The molecule has 0 N–H and O–H groups in total. The molecule has 1 aliphatic carbocycles. The third-order valence-electron chi connectivity index (χ3n) is 4.27. The van der Waals surface area contributed by atoms with E-state index in [1.165, 1.54) is 5.56 Å². The zero-order valence-corrected chi connectivity index (χ0v) is 11.7. The van der Waals surface area contributed by atoms with Crippen molar-refractivity contribution in [3.8, 4) is 0 Å². The van der Waals surface area contributed by atoms with E-state index in [0.29, 0.717) is 24.5 Å². The molecule has 1 heterocycles. The summed E-state index contributed by atoms with van der Waals surface area (Å²) in [5.41, 5.74) is 1.35. The molecule has 2 unspecified atom stereocenters.